The number of rotatable bonds is 3. The van der Waals surface area contributed by atoms with Crippen LogP contribution < -0.4 is 5.73 Å². The van der Waals surface area contributed by atoms with Crippen molar-refractivity contribution in [3.63, 3.8) is 0 Å². The lowest BCUT2D eigenvalue weighted by Gasteiger charge is -2.05. The molecule has 0 fully saturated rings. The molecule has 0 saturated carbocycles. The van der Waals surface area contributed by atoms with Crippen LogP contribution in [0.5, 0.6) is 11.5 Å². The molecule has 3 aromatic rings. The highest BCUT2D eigenvalue weighted by Gasteiger charge is 2.17. The first-order chi connectivity index (χ1) is 10.1. The summed E-state index contributed by atoms with van der Waals surface area (Å²) in [6, 6.07) is 13.2. The van der Waals surface area contributed by atoms with Crippen LogP contribution in [0.25, 0.3) is 11.4 Å². The molecular weight excluding hydrogens is 270 g/mol. The fourth-order valence-electron chi connectivity index (χ4n) is 1.94. The van der Waals surface area contributed by atoms with E-state index in [1.54, 1.807) is 6.07 Å². The molecule has 0 radical (unpaired) electrons. The Bertz CT molecular complexity index is 756. The molecule has 6 heteroatoms. The zero-order chi connectivity index (χ0) is 14.8. The summed E-state index contributed by atoms with van der Waals surface area (Å²) in [6.07, 6.45) is 0. The fourth-order valence-corrected chi connectivity index (χ4v) is 1.94. The summed E-state index contributed by atoms with van der Waals surface area (Å²) in [5, 5.41) is 22.6. The van der Waals surface area contributed by atoms with Gasteiger partial charge in [-0.15, -0.1) is 0 Å². The third-order valence-corrected chi connectivity index (χ3v) is 3.10. The van der Waals surface area contributed by atoms with Crippen molar-refractivity contribution < 1.29 is 14.7 Å². The van der Waals surface area contributed by atoms with Crippen molar-refractivity contribution in [2.75, 3.05) is 0 Å². The van der Waals surface area contributed by atoms with Gasteiger partial charge in [-0.05, 0) is 23.8 Å². The summed E-state index contributed by atoms with van der Waals surface area (Å²) < 4.78 is 5.18. The van der Waals surface area contributed by atoms with E-state index < -0.39 is 6.04 Å². The average Bonchev–Trinajstić information content (AvgIpc) is 3.00. The molecule has 21 heavy (non-hydrogen) atoms. The van der Waals surface area contributed by atoms with Gasteiger partial charge in [-0.25, -0.2) is 0 Å². The van der Waals surface area contributed by atoms with E-state index in [4.69, 9.17) is 10.3 Å². The lowest BCUT2D eigenvalue weighted by molar-refractivity contribution is 0.367. The number of nitrogens with two attached hydrogens (primary N) is 1. The SMILES string of the molecule is N[C@H](c1ccccc1)c1nc(-c2ccc(O)c(O)c2)no1. The first-order valence-electron chi connectivity index (χ1n) is 6.31. The lowest BCUT2D eigenvalue weighted by atomic mass is 10.1. The lowest BCUT2D eigenvalue weighted by Crippen LogP contribution is -2.11. The summed E-state index contributed by atoms with van der Waals surface area (Å²) in [5.41, 5.74) is 7.47. The normalized spacial score (nSPS) is 12.2. The molecule has 0 aliphatic heterocycles. The molecule has 106 valence electrons. The van der Waals surface area contributed by atoms with Crippen LogP contribution in [-0.4, -0.2) is 20.4 Å². The number of phenolic OH excluding ortho intramolecular Hbond substituents is 2. The van der Waals surface area contributed by atoms with E-state index in [1.807, 2.05) is 30.3 Å². The van der Waals surface area contributed by atoms with E-state index in [9.17, 15) is 10.2 Å². The van der Waals surface area contributed by atoms with Crippen molar-refractivity contribution in [1.29, 1.82) is 0 Å². The summed E-state index contributed by atoms with van der Waals surface area (Å²) >= 11 is 0. The molecule has 3 rings (SSSR count). The third kappa shape index (κ3) is 2.56. The predicted octanol–water partition coefficient (Wildman–Crippen LogP) is 2.20. The van der Waals surface area contributed by atoms with Gasteiger partial charge in [-0.1, -0.05) is 35.5 Å². The number of aromatic hydroxyl groups is 2. The Morgan fingerprint density at radius 3 is 2.48 bits per heavy atom. The van der Waals surface area contributed by atoms with Crippen LogP contribution in [0.2, 0.25) is 0 Å². The van der Waals surface area contributed by atoms with Crippen LogP contribution in [0.3, 0.4) is 0 Å². The molecule has 0 spiro atoms. The molecule has 1 atom stereocenters. The Morgan fingerprint density at radius 2 is 1.76 bits per heavy atom. The molecule has 1 aromatic heterocycles. The van der Waals surface area contributed by atoms with Gasteiger partial charge < -0.3 is 20.5 Å². The maximum Gasteiger partial charge on any atom is 0.248 e. The molecule has 0 saturated heterocycles. The van der Waals surface area contributed by atoms with Crippen molar-refractivity contribution in [3.8, 4) is 22.9 Å². The number of aromatic nitrogens is 2. The van der Waals surface area contributed by atoms with Crippen molar-refractivity contribution >= 4 is 0 Å². The van der Waals surface area contributed by atoms with Crippen molar-refractivity contribution in [3.05, 3.63) is 60.0 Å². The zero-order valence-corrected chi connectivity index (χ0v) is 11.0. The monoisotopic (exact) mass is 283 g/mol. The molecule has 2 aromatic carbocycles. The minimum Gasteiger partial charge on any atom is -0.504 e. The van der Waals surface area contributed by atoms with Crippen LogP contribution >= 0.6 is 0 Å². The Labute approximate surface area is 120 Å². The van der Waals surface area contributed by atoms with Gasteiger partial charge in [0, 0.05) is 5.56 Å². The van der Waals surface area contributed by atoms with Crippen LogP contribution in [0.1, 0.15) is 17.5 Å². The van der Waals surface area contributed by atoms with Crippen LogP contribution in [0, 0.1) is 0 Å². The summed E-state index contributed by atoms with van der Waals surface area (Å²) in [5.74, 6) is 0.130. The molecule has 6 nitrogen and oxygen atoms in total. The van der Waals surface area contributed by atoms with Gasteiger partial charge in [0.2, 0.25) is 11.7 Å². The highest BCUT2D eigenvalue weighted by molar-refractivity contribution is 5.60. The molecule has 0 unspecified atom stereocenters. The predicted molar refractivity (Wildman–Crippen MR) is 75.5 cm³/mol. The number of benzene rings is 2. The Morgan fingerprint density at radius 1 is 1.00 bits per heavy atom. The molecule has 0 bridgehead atoms. The summed E-state index contributed by atoms with van der Waals surface area (Å²) in [7, 11) is 0. The Kier molecular flexibility index (Phi) is 3.29. The second-order valence-corrected chi connectivity index (χ2v) is 4.55. The minimum absolute atomic E-state index is 0.205. The van der Waals surface area contributed by atoms with Gasteiger partial charge in [-0.2, -0.15) is 4.98 Å². The average molecular weight is 283 g/mol. The highest BCUT2D eigenvalue weighted by Crippen LogP contribution is 2.29. The van der Waals surface area contributed by atoms with Crippen LogP contribution in [0.4, 0.5) is 0 Å². The smallest absolute Gasteiger partial charge is 0.248 e. The second-order valence-electron chi connectivity index (χ2n) is 4.55. The van der Waals surface area contributed by atoms with Gasteiger partial charge in [0.05, 0.1) is 0 Å². The first-order valence-corrected chi connectivity index (χ1v) is 6.31. The zero-order valence-electron chi connectivity index (χ0n) is 11.0. The maximum absolute atomic E-state index is 9.49. The van der Waals surface area contributed by atoms with Gasteiger partial charge in [0.25, 0.3) is 0 Å². The summed E-state index contributed by atoms with van der Waals surface area (Å²) in [4.78, 5) is 4.23. The highest BCUT2D eigenvalue weighted by atomic mass is 16.5. The Hall–Kier alpha value is -2.86. The summed E-state index contributed by atoms with van der Waals surface area (Å²) in [6.45, 7) is 0. The molecule has 0 amide bonds. The first kappa shape index (κ1) is 13.1. The molecular formula is C15H13N3O3. The molecule has 4 N–H and O–H groups in total. The van der Waals surface area contributed by atoms with Gasteiger partial charge in [0.15, 0.2) is 11.5 Å². The second kappa shape index (κ2) is 5.26. The van der Waals surface area contributed by atoms with E-state index >= 15 is 0 Å². The van der Waals surface area contributed by atoms with Crippen molar-refractivity contribution in [2.45, 2.75) is 6.04 Å². The minimum atomic E-state index is -0.516. The number of phenols is 2. The maximum atomic E-state index is 9.49. The Balaban J connectivity index is 1.91. The van der Waals surface area contributed by atoms with E-state index in [0.717, 1.165) is 5.56 Å². The molecule has 0 aliphatic carbocycles. The van der Waals surface area contributed by atoms with Gasteiger partial charge in [0.1, 0.15) is 6.04 Å². The van der Waals surface area contributed by atoms with E-state index in [2.05, 4.69) is 10.1 Å². The van der Waals surface area contributed by atoms with Gasteiger partial charge in [-0.3, -0.25) is 0 Å². The molecule has 1 heterocycles. The molecule has 0 aliphatic rings. The number of hydrogen-bond donors (Lipinski definition) is 3. The number of hydrogen-bond acceptors (Lipinski definition) is 6. The quantitative estimate of drug-likeness (QED) is 0.636. The van der Waals surface area contributed by atoms with Crippen molar-refractivity contribution in [2.24, 2.45) is 5.73 Å². The van der Waals surface area contributed by atoms with E-state index in [1.165, 1.54) is 12.1 Å². The third-order valence-electron chi connectivity index (χ3n) is 3.10. The van der Waals surface area contributed by atoms with Crippen LogP contribution in [0.15, 0.2) is 53.1 Å². The van der Waals surface area contributed by atoms with Crippen molar-refractivity contribution in [1.82, 2.24) is 10.1 Å². The van der Waals surface area contributed by atoms with E-state index in [0.29, 0.717) is 11.4 Å². The van der Waals surface area contributed by atoms with Crippen LogP contribution in [-0.2, 0) is 0 Å². The fraction of sp³-hybridized carbons (Fsp3) is 0.0667. The largest absolute Gasteiger partial charge is 0.504 e. The number of nitrogens with zero attached hydrogens (tertiary/aromatic N) is 2. The standard InChI is InChI=1S/C15H13N3O3/c16-13(9-4-2-1-3-5-9)15-17-14(18-21-15)10-6-7-11(19)12(20)8-10/h1-8,13,19-20H,16H2/t13-/m1/s1. The topological polar surface area (TPSA) is 105 Å². The van der Waals surface area contributed by atoms with E-state index in [-0.39, 0.29) is 17.4 Å². The van der Waals surface area contributed by atoms with Gasteiger partial charge >= 0.3 is 0 Å².